The highest BCUT2D eigenvalue weighted by atomic mass is 19.4. The summed E-state index contributed by atoms with van der Waals surface area (Å²) in [6.07, 6.45) is 3.38. The molecule has 0 aliphatic heterocycles. The van der Waals surface area contributed by atoms with Crippen molar-refractivity contribution in [2.24, 2.45) is 11.8 Å². The van der Waals surface area contributed by atoms with Crippen LogP contribution < -0.4 is 0 Å². The van der Waals surface area contributed by atoms with Crippen molar-refractivity contribution < 1.29 is 23.4 Å². The smallest absolute Gasteiger partial charge is 0.390 e. The number of nitrogens with zero attached hydrogens (tertiary/aromatic N) is 6. The first-order chi connectivity index (χ1) is 20.1. The van der Waals surface area contributed by atoms with Crippen LogP contribution in [0.25, 0.3) is 22.2 Å². The normalized spacial score (nSPS) is 23.3. The van der Waals surface area contributed by atoms with Gasteiger partial charge in [0.15, 0.2) is 5.65 Å². The highest BCUT2D eigenvalue weighted by molar-refractivity contribution is 5.76. The Balaban J connectivity index is 1.06. The van der Waals surface area contributed by atoms with E-state index in [0.717, 1.165) is 49.2 Å². The number of H-pyrrole nitrogens is 1. The molecule has 3 heterocycles. The Labute approximate surface area is 242 Å². The molecule has 42 heavy (non-hydrogen) atoms. The third-order valence-electron chi connectivity index (χ3n) is 8.91. The van der Waals surface area contributed by atoms with Gasteiger partial charge >= 0.3 is 6.18 Å². The minimum atomic E-state index is -4.39. The minimum Gasteiger partial charge on any atom is -0.390 e. The summed E-state index contributed by atoms with van der Waals surface area (Å²) in [5, 5.41) is 22.1. The van der Waals surface area contributed by atoms with Crippen LogP contribution in [-0.4, -0.2) is 75.9 Å². The van der Waals surface area contributed by atoms with Gasteiger partial charge in [0.1, 0.15) is 23.8 Å². The summed E-state index contributed by atoms with van der Waals surface area (Å²) in [6.45, 7) is 5.68. The van der Waals surface area contributed by atoms with E-state index in [0.29, 0.717) is 47.8 Å². The molecule has 2 saturated carbocycles. The van der Waals surface area contributed by atoms with Gasteiger partial charge in [-0.15, -0.1) is 0 Å². The summed E-state index contributed by atoms with van der Waals surface area (Å²) in [5.41, 5.74) is 2.67. The first-order valence-corrected chi connectivity index (χ1v) is 14.9. The van der Waals surface area contributed by atoms with E-state index in [9.17, 15) is 23.4 Å². The van der Waals surface area contributed by atoms with E-state index in [1.54, 1.807) is 12.7 Å². The molecule has 0 unspecified atom stereocenters. The lowest BCUT2D eigenvalue weighted by Gasteiger charge is -2.30. The van der Waals surface area contributed by atoms with Gasteiger partial charge in [-0.3, -0.25) is 0 Å². The summed E-state index contributed by atoms with van der Waals surface area (Å²) in [6, 6.07) is 3.49. The van der Waals surface area contributed by atoms with Crippen LogP contribution in [0.3, 0.4) is 0 Å². The van der Waals surface area contributed by atoms with Crippen molar-refractivity contribution in [1.29, 1.82) is 0 Å². The molecule has 2 aliphatic rings. The van der Waals surface area contributed by atoms with Gasteiger partial charge in [-0.2, -0.15) is 13.2 Å². The molecule has 9 nitrogen and oxygen atoms in total. The predicted molar refractivity (Wildman–Crippen MR) is 152 cm³/mol. The fourth-order valence-corrected chi connectivity index (χ4v) is 6.27. The van der Waals surface area contributed by atoms with E-state index in [1.165, 1.54) is 18.9 Å². The third kappa shape index (κ3) is 6.02. The quantitative estimate of drug-likeness (QED) is 0.219. The zero-order valence-electron chi connectivity index (χ0n) is 23.9. The largest absolute Gasteiger partial charge is 0.416 e. The van der Waals surface area contributed by atoms with Gasteiger partial charge in [0.25, 0.3) is 0 Å². The second-order valence-corrected chi connectivity index (χ2v) is 12.3. The predicted octanol–water partition coefficient (Wildman–Crippen LogP) is 4.69. The molecule has 0 amide bonds. The van der Waals surface area contributed by atoms with Crippen LogP contribution >= 0.6 is 0 Å². The highest BCUT2D eigenvalue weighted by Crippen LogP contribution is 2.39. The van der Waals surface area contributed by atoms with Crippen molar-refractivity contribution in [1.82, 2.24) is 34.4 Å². The molecular formula is C30H38F3N7O2. The van der Waals surface area contributed by atoms with Gasteiger partial charge in [0, 0.05) is 24.9 Å². The number of aliphatic hydroxyl groups excluding tert-OH is 2. The van der Waals surface area contributed by atoms with E-state index < -0.39 is 23.9 Å². The van der Waals surface area contributed by atoms with Gasteiger partial charge < -0.3 is 24.7 Å². The lowest BCUT2D eigenvalue weighted by molar-refractivity contribution is -0.137. The van der Waals surface area contributed by atoms with Crippen molar-refractivity contribution >= 4 is 22.2 Å². The number of nitrogens with one attached hydrogen (secondary N) is 1. The first-order valence-electron chi connectivity index (χ1n) is 14.9. The van der Waals surface area contributed by atoms with E-state index in [-0.39, 0.29) is 18.0 Å². The van der Waals surface area contributed by atoms with Crippen LogP contribution in [0.4, 0.5) is 13.2 Å². The number of rotatable bonds is 11. The second kappa shape index (κ2) is 11.5. The Kier molecular flexibility index (Phi) is 7.97. The molecular weight excluding hydrogens is 547 g/mol. The van der Waals surface area contributed by atoms with Crippen LogP contribution in [-0.2, 0) is 19.0 Å². The van der Waals surface area contributed by atoms with Gasteiger partial charge in [0.05, 0.1) is 40.8 Å². The number of unbranched alkanes of at least 4 members (excludes halogenated alkanes) is 1. The zero-order chi connectivity index (χ0) is 29.6. The molecule has 1 aromatic carbocycles. The number of hydrogen-bond acceptors (Lipinski definition) is 7. The molecule has 0 bridgehead atoms. The van der Waals surface area contributed by atoms with Crippen LogP contribution in [0, 0.1) is 11.8 Å². The molecule has 3 aromatic heterocycles. The zero-order valence-corrected chi connectivity index (χ0v) is 23.9. The molecule has 0 radical (unpaired) electrons. The number of alkyl halides is 3. The number of aromatic nitrogens is 6. The average Bonchev–Trinajstić information content (AvgIpc) is 3.39. The van der Waals surface area contributed by atoms with Crippen LogP contribution in [0.2, 0.25) is 0 Å². The number of aryl methyl sites for hydroxylation is 1. The van der Waals surface area contributed by atoms with Crippen LogP contribution in [0.15, 0.2) is 30.9 Å². The molecule has 2 aliphatic carbocycles. The summed E-state index contributed by atoms with van der Waals surface area (Å²) < 4.78 is 41.0. The van der Waals surface area contributed by atoms with Crippen molar-refractivity contribution in [2.75, 3.05) is 13.1 Å². The van der Waals surface area contributed by atoms with Crippen molar-refractivity contribution in [2.45, 2.75) is 89.3 Å². The van der Waals surface area contributed by atoms with Gasteiger partial charge in [0.2, 0.25) is 0 Å². The molecule has 3 N–H and O–H groups in total. The summed E-state index contributed by atoms with van der Waals surface area (Å²) in [4.78, 5) is 23.3. The number of fused-ring (bicyclic) bond motifs is 2. The van der Waals surface area contributed by atoms with E-state index >= 15 is 0 Å². The Bertz CT molecular complexity index is 1530. The molecule has 0 spiro atoms. The average molecular weight is 586 g/mol. The third-order valence-corrected chi connectivity index (χ3v) is 8.91. The fraction of sp³-hybridized carbons (Fsp3) is 0.600. The summed E-state index contributed by atoms with van der Waals surface area (Å²) in [7, 11) is 0. The summed E-state index contributed by atoms with van der Waals surface area (Å²) in [5.74, 6) is 1.23. The molecule has 6 rings (SSSR count). The lowest BCUT2D eigenvalue weighted by atomic mass is 10.0. The Morgan fingerprint density at radius 3 is 2.64 bits per heavy atom. The molecule has 4 atom stereocenters. The highest BCUT2D eigenvalue weighted by Gasteiger charge is 2.43. The number of halogens is 3. The number of aliphatic hydroxyl groups is 2. The van der Waals surface area contributed by atoms with Crippen LogP contribution in [0.1, 0.15) is 69.1 Å². The van der Waals surface area contributed by atoms with E-state index in [2.05, 4.69) is 43.7 Å². The lowest BCUT2D eigenvalue weighted by Crippen LogP contribution is -2.40. The minimum absolute atomic E-state index is 0.115. The van der Waals surface area contributed by atoms with Gasteiger partial charge in [-0.1, -0.05) is 0 Å². The van der Waals surface area contributed by atoms with E-state index in [1.807, 2.05) is 4.57 Å². The monoisotopic (exact) mass is 585 g/mol. The molecule has 2 fully saturated rings. The Morgan fingerprint density at radius 1 is 1.10 bits per heavy atom. The maximum atomic E-state index is 13.0. The van der Waals surface area contributed by atoms with Crippen molar-refractivity contribution in [3.05, 3.63) is 47.9 Å². The number of benzene rings is 1. The van der Waals surface area contributed by atoms with Crippen molar-refractivity contribution in [3.8, 4) is 0 Å². The number of aromatic amines is 1. The Morgan fingerprint density at radius 2 is 1.90 bits per heavy atom. The number of imidazole rings is 2. The molecule has 4 aromatic rings. The topological polar surface area (TPSA) is 116 Å². The van der Waals surface area contributed by atoms with Gasteiger partial charge in [-0.25, -0.2) is 19.9 Å². The number of hydrogen-bond donors (Lipinski definition) is 3. The molecule has 12 heteroatoms. The summed E-state index contributed by atoms with van der Waals surface area (Å²) >= 11 is 0. The molecule has 0 saturated heterocycles. The Hall–Kier alpha value is -3.09. The van der Waals surface area contributed by atoms with Gasteiger partial charge in [-0.05, 0) is 83.0 Å². The van der Waals surface area contributed by atoms with E-state index in [4.69, 9.17) is 0 Å². The maximum Gasteiger partial charge on any atom is 0.416 e. The van der Waals surface area contributed by atoms with Crippen molar-refractivity contribution in [3.63, 3.8) is 0 Å². The second-order valence-electron chi connectivity index (χ2n) is 12.3. The maximum absolute atomic E-state index is 13.0. The standard InChI is InChI=1S/C30H38F3N7O2/c1-17(2)39(10-4-3-5-25-37-21-9-8-20(30(31,32)33)13-22(21)38-25)14-19-12-24(28(42)27(19)41)40-16-36-26-23(11-18-6-7-18)34-15-35-29(26)40/h8-9,13,15-19,24,27-28,41-42H,3-7,10-12,14H2,1-2H3,(H,37,38)/t19-,24-,27-,28+/m1/s1. The van der Waals surface area contributed by atoms with Crippen LogP contribution in [0.5, 0.6) is 0 Å². The SMILES string of the molecule is CC(C)N(CCCCc1nc2ccc(C(F)(F)F)cc2[nH]1)C[C@H]1C[C@@H](n2cnc3c(CC4CC4)ncnc32)[C@H](O)[C@@H]1O. The fourth-order valence-electron chi connectivity index (χ4n) is 6.27. The first kappa shape index (κ1) is 29.0. The molecule has 226 valence electrons.